The molecule has 1 heterocycles. The number of carbonyl (C=O) groups is 2. The smallest absolute Gasteiger partial charge is 0.255 e. The number of methoxy groups -OCH3 is 2. The number of thiophene rings is 1. The maximum atomic E-state index is 12.9. The molecule has 0 spiro atoms. The highest BCUT2D eigenvalue weighted by Crippen LogP contribution is 2.38. The lowest BCUT2D eigenvalue weighted by Gasteiger charge is -2.13. The minimum atomic E-state index is -0.396. The van der Waals surface area contributed by atoms with Crippen LogP contribution in [0.25, 0.3) is 0 Å². The fraction of sp³-hybridized carbons (Fsp3) is 0.296. The Bertz CT molecular complexity index is 1330. The third-order valence-electron chi connectivity index (χ3n) is 5.94. The first-order valence-electron chi connectivity index (χ1n) is 11.6. The monoisotopic (exact) mass is 521 g/mol. The van der Waals surface area contributed by atoms with Crippen LogP contribution in [0.4, 0.5) is 10.7 Å². The van der Waals surface area contributed by atoms with Crippen LogP contribution >= 0.6 is 23.1 Å². The zero-order valence-electron chi connectivity index (χ0n) is 20.3. The maximum absolute atomic E-state index is 12.9. The molecule has 7 nitrogen and oxygen atoms in total. The zero-order valence-corrected chi connectivity index (χ0v) is 22.0. The summed E-state index contributed by atoms with van der Waals surface area (Å²) >= 11 is 2.91. The standard InChI is InChI=1S/C27H27N3O4S2/c1-16(25(31)30-27-21(15-28)20-9-4-5-10-24(20)36-27)35-19-8-6-7-18(14-19)29-26(32)17-11-12-22(33-2)23(13-17)34-3/h6-8,11-14,16H,4-5,9-10H2,1-3H3,(H,29,32)(H,30,31). The number of nitrogens with one attached hydrogen (secondary N) is 2. The molecule has 4 rings (SSSR count). The third-order valence-corrected chi connectivity index (χ3v) is 8.24. The predicted molar refractivity (Wildman–Crippen MR) is 144 cm³/mol. The number of amides is 2. The van der Waals surface area contributed by atoms with Gasteiger partial charge in [-0.1, -0.05) is 6.07 Å². The molecule has 0 aliphatic heterocycles. The van der Waals surface area contributed by atoms with E-state index in [9.17, 15) is 14.9 Å². The molecule has 1 atom stereocenters. The Morgan fingerprint density at radius 1 is 1.06 bits per heavy atom. The van der Waals surface area contributed by atoms with Crippen LogP contribution in [0.15, 0.2) is 47.4 Å². The van der Waals surface area contributed by atoms with Crippen molar-refractivity contribution in [3.05, 3.63) is 64.0 Å². The van der Waals surface area contributed by atoms with E-state index in [0.717, 1.165) is 36.1 Å². The number of hydrogen-bond acceptors (Lipinski definition) is 7. The SMILES string of the molecule is COc1ccc(C(=O)Nc2cccc(SC(C)C(=O)Nc3sc4c(c3C#N)CCCC4)c2)cc1OC. The van der Waals surface area contributed by atoms with E-state index in [1.54, 1.807) is 24.3 Å². The molecular weight excluding hydrogens is 494 g/mol. The largest absolute Gasteiger partial charge is 0.493 e. The Morgan fingerprint density at radius 3 is 2.58 bits per heavy atom. The van der Waals surface area contributed by atoms with E-state index in [-0.39, 0.29) is 11.8 Å². The number of nitriles is 1. The molecule has 0 saturated heterocycles. The highest BCUT2D eigenvalue weighted by Gasteiger charge is 2.23. The Morgan fingerprint density at radius 2 is 1.83 bits per heavy atom. The second-order valence-electron chi connectivity index (χ2n) is 8.33. The zero-order chi connectivity index (χ0) is 25.7. The second-order valence-corrected chi connectivity index (χ2v) is 10.8. The highest BCUT2D eigenvalue weighted by molar-refractivity contribution is 8.00. The number of ether oxygens (including phenoxy) is 2. The molecule has 1 aromatic heterocycles. The number of benzene rings is 2. The molecule has 0 saturated carbocycles. The van der Waals surface area contributed by atoms with Crippen molar-refractivity contribution in [3.63, 3.8) is 0 Å². The van der Waals surface area contributed by atoms with Crippen LogP contribution in [-0.4, -0.2) is 31.3 Å². The van der Waals surface area contributed by atoms with Gasteiger partial charge in [-0.3, -0.25) is 9.59 Å². The Labute approximate surface area is 218 Å². The van der Waals surface area contributed by atoms with Crippen molar-refractivity contribution in [2.24, 2.45) is 0 Å². The first-order valence-corrected chi connectivity index (χ1v) is 13.3. The van der Waals surface area contributed by atoms with Crippen molar-refractivity contribution in [2.45, 2.75) is 42.8 Å². The Balaban J connectivity index is 1.41. The van der Waals surface area contributed by atoms with Crippen molar-refractivity contribution in [1.29, 1.82) is 5.26 Å². The summed E-state index contributed by atoms with van der Waals surface area (Å²) in [6.45, 7) is 1.83. The van der Waals surface area contributed by atoms with Gasteiger partial charge in [-0.2, -0.15) is 5.26 Å². The average Bonchev–Trinajstić information content (AvgIpc) is 3.25. The molecule has 2 N–H and O–H groups in total. The lowest BCUT2D eigenvalue weighted by Crippen LogP contribution is -2.22. The molecular formula is C27H27N3O4S2. The lowest BCUT2D eigenvalue weighted by atomic mass is 9.96. The van der Waals surface area contributed by atoms with Gasteiger partial charge in [-0.25, -0.2) is 0 Å². The summed E-state index contributed by atoms with van der Waals surface area (Å²) in [5.41, 5.74) is 2.76. The lowest BCUT2D eigenvalue weighted by molar-refractivity contribution is -0.115. The predicted octanol–water partition coefficient (Wildman–Crippen LogP) is 5.89. The number of aryl methyl sites for hydroxylation is 1. The highest BCUT2D eigenvalue weighted by atomic mass is 32.2. The first kappa shape index (κ1) is 25.6. The van der Waals surface area contributed by atoms with E-state index in [4.69, 9.17) is 9.47 Å². The van der Waals surface area contributed by atoms with Gasteiger partial charge >= 0.3 is 0 Å². The Hall–Kier alpha value is -3.48. The molecule has 0 radical (unpaired) electrons. The molecule has 3 aromatic rings. The van der Waals surface area contributed by atoms with Crippen LogP contribution in [0.5, 0.6) is 11.5 Å². The van der Waals surface area contributed by atoms with Gasteiger partial charge < -0.3 is 20.1 Å². The first-order chi connectivity index (χ1) is 17.4. The van der Waals surface area contributed by atoms with E-state index in [1.165, 1.54) is 42.2 Å². The van der Waals surface area contributed by atoms with Crippen molar-refractivity contribution in [1.82, 2.24) is 0 Å². The summed E-state index contributed by atoms with van der Waals surface area (Å²) in [4.78, 5) is 27.8. The van der Waals surface area contributed by atoms with Crippen LogP contribution in [0, 0.1) is 11.3 Å². The average molecular weight is 522 g/mol. The van der Waals surface area contributed by atoms with E-state index < -0.39 is 5.25 Å². The number of thioether (sulfide) groups is 1. The van der Waals surface area contributed by atoms with Crippen LogP contribution in [0.3, 0.4) is 0 Å². The second kappa shape index (κ2) is 11.5. The molecule has 9 heteroatoms. The van der Waals surface area contributed by atoms with Gasteiger partial charge in [0.1, 0.15) is 11.1 Å². The number of nitrogens with zero attached hydrogens (tertiary/aromatic N) is 1. The molecule has 1 aliphatic carbocycles. The van der Waals surface area contributed by atoms with Gasteiger partial charge in [0.2, 0.25) is 5.91 Å². The molecule has 2 aromatic carbocycles. The van der Waals surface area contributed by atoms with Crippen LogP contribution in [-0.2, 0) is 17.6 Å². The van der Waals surface area contributed by atoms with Crippen LogP contribution in [0.2, 0.25) is 0 Å². The van der Waals surface area contributed by atoms with Crippen LogP contribution in [0.1, 0.15) is 46.1 Å². The summed E-state index contributed by atoms with van der Waals surface area (Å²) in [6, 6.07) is 14.6. The molecule has 1 unspecified atom stereocenters. The number of carbonyl (C=O) groups excluding carboxylic acids is 2. The third kappa shape index (κ3) is 5.66. The van der Waals surface area contributed by atoms with Gasteiger partial charge in [0.15, 0.2) is 11.5 Å². The van der Waals surface area contributed by atoms with Gasteiger partial charge in [-0.15, -0.1) is 23.1 Å². The normalized spacial score (nSPS) is 13.2. The molecule has 0 bridgehead atoms. The fourth-order valence-corrected chi connectivity index (χ4v) is 6.24. The van der Waals surface area contributed by atoms with Gasteiger partial charge in [-0.05, 0) is 74.6 Å². The van der Waals surface area contributed by atoms with Crippen molar-refractivity contribution < 1.29 is 19.1 Å². The topological polar surface area (TPSA) is 100 Å². The van der Waals surface area contributed by atoms with Crippen molar-refractivity contribution >= 4 is 45.6 Å². The van der Waals surface area contributed by atoms with E-state index in [0.29, 0.717) is 33.3 Å². The van der Waals surface area contributed by atoms with Gasteiger partial charge in [0, 0.05) is 21.0 Å². The minimum absolute atomic E-state index is 0.158. The van der Waals surface area contributed by atoms with Crippen LogP contribution < -0.4 is 20.1 Å². The number of anilines is 2. The Kier molecular flexibility index (Phi) is 8.18. The maximum Gasteiger partial charge on any atom is 0.255 e. The van der Waals surface area contributed by atoms with Crippen molar-refractivity contribution in [3.8, 4) is 17.6 Å². The summed E-state index contributed by atoms with van der Waals surface area (Å²) in [7, 11) is 3.06. The quantitative estimate of drug-likeness (QED) is 0.359. The van der Waals surface area contributed by atoms with E-state index in [2.05, 4.69) is 16.7 Å². The number of fused-ring (bicyclic) bond motifs is 1. The number of rotatable bonds is 8. The molecule has 36 heavy (non-hydrogen) atoms. The summed E-state index contributed by atoms with van der Waals surface area (Å²) < 4.78 is 10.5. The molecule has 1 aliphatic rings. The summed E-state index contributed by atoms with van der Waals surface area (Å²) in [5, 5.41) is 15.8. The minimum Gasteiger partial charge on any atom is -0.493 e. The molecule has 0 fully saturated rings. The van der Waals surface area contributed by atoms with E-state index >= 15 is 0 Å². The molecule has 2 amide bonds. The fourth-order valence-electron chi connectivity index (χ4n) is 4.07. The van der Waals surface area contributed by atoms with E-state index in [1.807, 2.05) is 25.1 Å². The van der Waals surface area contributed by atoms with Crippen molar-refractivity contribution in [2.75, 3.05) is 24.9 Å². The van der Waals surface area contributed by atoms with Gasteiger partial charge in [0.25, 0.3) is 5.91 Å². The number of hydrogen-bond donors (Lipinski definition) is 2. The summed E-state index contributed by atoms with van der Waals surface area (Å²) in [6.07, 6.45) is 4.07. The van der Waals surface area contributed by atoms with Gasteiger partial charge in [0.05, 0.1) is 25.0 Å². The summed E-state index contributed by atoms with van der Waals surface area (Å²) in [5.74, 6) is 0.578. The molecule has 186 valence electrons.